The second-order valence-electron chi connectivity index (χ2n) is 6.17. The van der Waals surface area contributed by atoms with Crippen LogP contribution >= 0.6 is 23.8 Å². The Hall–Kier alpha value is -2.70. The number of ether oxygens (including phenoxy) is 1. The van der Waals surface area contributed by atoms with Gasteiger partial charge < -0.3 is 4.74 Å². The molecule has 3 rings (SSSR count). The molecule has 0 spiro atoms. The molecule has 0 aromatic heterocycles. The van der Waals surface area contributed by atoms with Gasteiger partial charge in [0.15, 0.2) is 5.11 Å². The van der Waals surface area contributed by atoms with Gasteiger partial charge in [-0.15, -0.1) is 0 Å². The minimum Gasteiger partial charge on any atom is -0.491 e. The predicted octanol–water partition coefficient (Wildman–Crippen LogP) is 3.96. The number of hydrogen-bond acceptors (Lipinski definition) is 4. The molecule has 1 saturated heterocycles. The quantitative estimate of drug-likeness (QED) is 0.479. The van der Waals surface area contributed by atoms with E-state index in [1.54, 1.807) is 48.5 Å². The van der Waals surface area contributed by atoms with Gasteiger partial charge in [-0.2, -0.15) is 0 Å². The fraction of sp³-hybridized carbons (Fsp3) is 0.150. The normalized spacial score (nSPS) is 16.1. The highest BCUT2D eigenvalue weighted by Gasteiger charge is 2.34. The van der Waals surface area contributed by atoms with E-state index in [2.05, 4.69) is 5.32 Å². The Balaban J connectivity index is 1.90. The van der Waals surface area contributed by atoms with Crippen LogP contribution in [0.15, 0.2) is 54.1 Å². The second-order valence-corrected chi connectivity index (χ2v) is 6.99. The van der Waals surface area contributed by atoms with Crippen LogP contribution in [-0.2, 0) is 9.59 Å². The summed E-state index contributed by atoms with van der Waals surface area (Å²) in [6, 6.07) is 13.8. The number of benzene rings is 2. The smallest absolute Gasteiger partial charge is 0.270 e. The number of amides is 2. The number of carbonyl (C=O) groups is 2. The third-order valence-electron chi connectivity index (χ3n) is 3.75. The Labute approximate surface area is 167 Å². The van der Waals surface area contributed by atoms with Gasteiger partial charge in [-0.3, -0.25) is 19.8 Å². The first-order chi connectivity index (χ1) is 12.8. The van der Waals surface area contributed by atoms with Crippen molar-refractivity contribution < 1.29 is 14.3 Å². The minimum atomic E-state index is -0.530. The maximum absolute atomic E-state index is 12.9. The van der Waals surface area contributed by atoms with Crippen LogP contribution in [0.1, 0.15) is 19.4 Å². The number of nitrogens with one attached hydrogen (secondary N) is 1. The summed E-state index contributed by atoms with van der Waals surface area (Å²) in [7, 11) is 0. The molecule has 1 N–H and O–H groups in total. The van der Waals surface area contributed by atoms with Crippen molar-refractivity contribution in [2.75, 3.05) is 4.90 Å². The number of nitrogens with zero attached hydrogens (tertiary/aromatic N) is 1. The lowest BCUT2D eigenvalue weighted by atomic mass is 10.1. The van der Waals surface area contributed by atoms with Crippen LogP contribution in [0.25, 0.3) is 6.08 Å². The number of anilines is 1. The minimum absolute atomic E-state index is 0.00363. The monoisotopic (exact) mass is 400 g/mol. The van der Waals surface area contributed by atoms with Crippen LogP contribution in [0.2, 0.25) is 5.02 Å². The summed E-state index contributed by atoms with van der Waals surface area (Å²) in [5.74, 6) is -0.304. The van der Waals surface area contributed by atoms with E-state index in [-0.39, 0.29) is 16.8 Å². The van der Waals surface area contributed by atoms with Crippen molar-refractivity contribution in [2.45, 2.75) is 20.0 Å². The molecular formula is C20H17ClN2O3S. The number of rotatable bonds is 4. The van der Waals surface area contributed by atoms with Gasteiger partial charge in [-0.05, 0) is 74.1 Å². The van der Waals surface area contributed by atoms with Gasteiger partial charge in [0.1, 0.15) is 11.3 Å². The molecule has 0 saturated carbocycles. The van der Waals surface area contributed by atoms with Crippen molar-refractivity contribution >= 4 is 52.5 Å². The van der Waals surface area contributed by atoms with Crippen LogP contribution in [-0.4, -0.2) is 23.0 Å². The molecule has 2 aromatic rings. The number of thiocarbonyl (C=S) groups is 1. The van der Waals surface area contributed by atoms with E-state index in [0.29, 0.717) is 16.3 Å². The average Bonchev–Trinajstić information content (AvgIpc) is 2.61. The third kappa shape index (κ3) is 4.35. The highest BCUT2D eigenvalue weighted by molar-refractivity contribution is 7.80. The number of hydrogen-bond donors (Lipinski definition) is 1. The summed E-state index contributed by atoms with van der Waals surface area (Å²) in [6.07, 6.45) is 1.59. The number of carbonyl (C=O) groups excluding carboxylic acids is 2. The van der Waals surface area contributed by atoms with Crippen LogP contribution in [0.4, 0.5) is 5.69 Å². The Morgan fingerprint density at radius 3 is 2.30 bits per heavy atom. The summed E-state index contributed by atoms with van der Waals surface area (Å²) < 4.78 is 5.60. The van der Waals surface area contributed by atoms with Crippen molar-refractivity contribution in [1.82, 2.24) is 5.32 Å². The van der Waals surface area contributed by atoms with E-state index in [1.165, 1.54) is 11.0 Å². The van der Waals surface area contributed by atoms with Crippen LogP contribution < -0.4 is 15.0 Å². The van der Waals surface area contributed by atoms with E-state index in [0.717, 1.165) is 5.75 Å². The molecule has 27 heavy (non-hydrogen) atoms. The molecule has 1 fully saturated rings. The summed E-state index contributed by atoms with van der Waals surface area (Å²) in [5, 5.41) is 3.12. The Morgan fingerprint density at radius 2 is 1.70 bits per heavy atom. The standard InChI is InChI=1S/C20H17ClN2O3S/c1-12(2)26-16-9-3-13(4-10-16)11-17-18(24)22-20(27)23(19(17)25)15-7-5-14(21)6-8-15/h3-12H,1-2H3,(H,22,24,27). The molecule has 1 heterocycles. The van der Waals surface area contributed by atoms with Crippen molar-refractivity contribution in [3.63, 3.8) is 0 Å². The summed E-state index contributed by atoms with van der Waals surface area (Å²) >= 11 is 11.1. The van der Waals surface area contributed by atoms with Gasteiger partial charge in [0.25, 0.3) is 11.8 Å². The molecule has 0 aliphatic carbocycles. The Kier molecular flexibility index (Phi) is 5.58. The molecule has 0 bridgehead atoms. The largest absolute Gasteiger partial charge is 0.491 e. The van der Waals surface area contributed by atoms with Gasteiger partial charge in [-0.1, -0.05) is 23.7 Å². The van der Waals surface area contributed by atoms with Gasteiger partial charge in [0.2, 0.25) is 0 Å². The molecule has 0 radical (unpaired) electrons. The fourth-order valence-electron chi connectivity index (χ4n) is 2.56. The van der Waals surface area contributed by atoms with E-state index in [4.69, 9.17) is 28.6 Å². The zero-order valence-corrected chi connectivity index (χ0v) is 16.3. The first-order valence-electron chi connectivity index (χ1n) is 8.29. The van der Waals surface area contributed by atoms with Gasteiger partial charge >= 0.3 is 0 Å². The maximum Gasteiger partial charge on any atom is 0.270 e. The van der Waals surface area contributed by atoms with Crippen LogP contribution in [0, 0.1) is 0 Å². The van der Waals surface area contributed by atoms with Crippen molar-refractivity contribution in [3.8, 4) is 5.75 Å². The fourth-order valence-corrected chi connectivity index (χ4v) is 2.97. The van der Waals surface area contributed by atoms with Gasteiger partial charge in [0, 0.05) is 5.02 Å². The van der Waals surface area contributed by atoms with Gasteiger partial charge in [-0.25, -0.2) is 0 Å². The topological polar surface area (TPSA) is 58.6 Å². The Bertz CT molecular complexity index is 921. The molecule has 1 aliphatic heterocycles. The summed E-state index contributed by atoms with van der Waals surface area (Å²) in [6.45, 7) is 3.88. The Morgan fingerprint density at radius 1 is 1.07 bits per heavy atom. The molecule has 0 unspecified atom stereocenters. The molecule has 2 amide bonds. The van der Waals surface area contributed by atoms with Crippen molar-refractivity contribution in [1.29, 1.82) is 0 Å². The van der Waals surface area contributed by atoms with Crippen LogP contribution in [0.5, 0.6) is 5.75 Å². The molecule has 1 aliphatic rings. The molecule has 7 heteroatoms. The average molecular weight is 401 g/mol. The first-order valence-corrected chi connectivity index (χ1v) is 9.07. The second kappa shape index (κ2) is 7.90. The zero-order chi connectivity index (χ0) is 19.6. The highest BCUT2D eigenvalue weighted by Crippen LogP contribution is 2.24. The highest BCUT2D eigenvalue weighted by atomic mass is 35.5. The maximum atomic E-state index is 12.9. The SMILES string of the molecule is CC(C)Oc1ccc(C=C2C(=O)NC(=S)N(c3ccc(Cl)cc3)C2=O)cc1. The summed E-state index contributed by atoms with van der Waals surface area (Å²) in [5.41, 5.74) is 1.23. The lowest BCUT2D eigenvalue weighted by molar-refractivity contribution is -0.122. The van der Waals surface area contributed by atoms with Crippen molar-refractivity contribution in [2.24, 2.45) is 0 Å². The van der Waals surface area contributed by atoms with E-state index < -0.39 is 11.8 Å². The molecular weight excluding hydrogens is 384 g/mol. The zero-order valence-electron chi connectivity index (χ0n) is 14.7. The third-order valence-corrected chi connectivity index (χ3v) is 4.29. The molecule has 5 nitrogen and oxygen atoms in total. The predicted molar refractivity (Wildman–Crippen MR) is 110 cm³/mol. The number of halogens is 1. The summed E-state index contributed by atoms with van der Waals surface area (Å²) in [4.78, 5) is 26.5. The van der Waals surface area contributed by atoms with E-state index in [1.807, 2.05) is 13.8 Å². The van der Waals surface area contributed by atoms with E-state index >= 15 is 0 Å². The van der Waals surface area contributed by atoms with Gasteiger partial charge in [0.05, 0.1) is 11.8 Å². The molecule has 0 atom stereocenters. The van der Waals surface area contributed by atoms with E-state index in [9.17, 15) is 9.59 Å². The lowest BCUT2D eigenvalue weighted by Crippen LogP contribution is -2.54. The molecule has 2 aromatic carbocycles. The van der Waals surface area contributed by atoms with Crippen molar-refractivity contribution in [3.05, 3.63) is 64.7 Å². The first kappa shape index (κ1) is 19.1. The molecule has 138 valence electrons. The lowest BCUT2D eigenvalue weighted by Gasteiger charge is -2.28. The van der Waals surface area contributed by atoms with Crippen LogP contribution in [0.3, 0.4) is 0 Å².